The molecule has 2 aliphatic heterocycles. The lowest BCUT2D eigenvalue weighted by Gasteiger charge is -2.30. The fourth-order valence-electron chi connectivity index (χ4n) is 5.59. The molecule has 0 radical (unpaired) electrons. The molecule has 6 heteroatoms. The summed E-state index contributed by atoms with van der Waals surface area (Å²) in [7, 11) is 0. The van der Waals surface area contributed by atoms with E-state index in [-0.39, 0.29) is 32.1 Å². The molecule has 0 aromatic heterocycles. The van der Waals surface area contributed by atoms with Crippen molar-refractivity contribution in [1.29, 1.82) is 0 Å². The molecule has 1 unspecified atom stereocenters. The average Bonchev–Trinajstić information content (AvgIpc) is 3.65. The van der Waals surface area contributed by atoms with Crippen molar-refractivity contribution in [3.8, 4) is 23.0 Å². The van der Waals surface area contributed by atoms with Crippen molar-refractivity contribution in [3.63, 3.8) is 0 Å². The number of ether oxygens (including phenoxy) is 5. The molecular formula is C33H26O6. The molecule has 0 bridgehead atoms. The molecule has 0 spiro atoms. The van der Waals surface area contributed by atoms with Crippen LogP contribution in [0.4, 0.5) is 0 Å². The van der Waals surface area contributed by atoms with Crippen LogP contribution in [0.2, 0.25) is 0 Å². The molecule has 39 heavy (non-hydrogen) atoms. The Hall–Kier alpha value is -4.71. The summed E-state index contributed by atoms with van der Waals surface area (Å²) in [5.74, 6) is 2.20. The van der Waals surface area contributed by atoms with Gasteiger partial charge in [0, 0.05) is 17.9 Å². The molecule has 4 aromatic rings. The molecule has 4 aromatic carbocycles. The van der Waals surface area contributed by atoms with Crippen LogP contribution in [0.3, 0.4) is 0 Å². The minimum Gasteiger partial charge on any atom is -0.462 e. The lowest BCUT2D eigenvalue weighted by molar-refractivity contribution is -0.139. The Bertz CT molecular complexity index is 1590. The SMILES string of the molecule is O=C(OCCc1ccccc1)C1=C(c2ccc3c(c2)OCO3)c2ccccc2CC1c1ccc2c(c1)OCO2. The summed E-state index contributed by atoms with van der Waals surface area (Å²) in [6.07, 6.45) is 1.30. The predicted molar refractivity (Wildman–Crippen MR) is 145 cm³/mol. The number of hydrogen-bond donors (Lipinski definition) is 0. The van der Waals surface area contributed by atoms with E-state index in [9.17, 15) is 4.79 Å². The van der Waals surface area contributed by atoms with Gasteiger partial charge in [-0.3, -0.25) is 0 Å². The molecule has 1 aliphatic carbocycles. The predicted octanol–water partition coefficient (Wildman–Crippen LogP) is 6.07. The Balaban J connectivity index is 1.35. The van der Waals surface area contributed by atoms with Crippen molar-refractivity contribution in [3.05, 3.63) is 124 Å². The summed E-state index contributed by atoms with van der Waals surface area (Å²) in [4.78, 5) is 14.0. The van der Waals surface area contributed by atoms with E-state index in [0.717, 1.165) is 33.4 Å². The summed E-state index contributed by atoms with van der Waals surface area (Å²) < 4.78 is 28.5. The number of carbonyl (C=O) groups excluding carboxylic acids is 1. The highest BCUT2D eigenvalue weighted by Gasteiger charge is 2.35. The first kappa shape index (κ1) is 23.4. The van der Waals surface area contributed by atoms with Gasteiger partial charge < -0.3 is 23.7 Å². The van der Waals surface area contributed by atoms with E-state index in [1.54, 1.807) is 0 Å². The fraction of sp³-hybridized carbons (Fsp3) is 0.182. The average molecular weight is 519 g/mol. The molecule has 0 saturated carbocycles. The quantitative estimate of drug-likeness (QED) is 0.289. The third kappa shape index (κ3) is 4.38. The molecule has 7 rings (SSSR count). The van der Waals surface area contributed by atoms with Crippen LogP contribution in [-0.4, -0.2) is 26.2 Å². The summed E-state index contributed by atoms with van der Waals surface area (Å²) in [6, 6.07) is 30.0. The number of fused-ring (bicyclic) bond motifs is 3. The van der Waals surface area contributed by atoms with E-state index in [1.807, 2.05) is 78.9 Å². The molecule has 2 heterocycles. The lowest BCUT2D eigenvalue weighted by atomic mass is 9.73. The first-order valence-electron chi connectivity index (χ1n) is 13.1. The van der Waals surface area contributed by atoms with Crippen LogP contribution >= 0.6 is 0 Å². The smallest absolute Gasteiger partial charge is 0.335 e. The van der Waals surface area contributed by atoms with E-state index < -0.39 is 0 Å². The molecule has 6 nitrogen and oxygen atoms in total. The highest BCUT2D eigenvalue weighted by Crippen LogP contribution is 2.47. The second-order valence-electron chi connectivity index (χ2n) is 9.75. The topological polar surface area (TPSA) is 63.2 Å². The number of carbonyl (C=O) groups is 1. The Labute approximate surface area is 226 Å². The van der Waals surface area contributed by atoms with Gasteiger partial charge in [-0.05, 0) is 58.5 Å². The third-order valence-electron chi connectivity index (χ3n) is 7.48. The second kappa shape index (κ2) is 9.87. The van der Waals surface area contributed by atoms with E-state index in [4.69, 9.17) is 23.7 Å². The van der Waals surface area contributed by atoms with Crippen LogP contribution in [0.5, 0.6) is 23.0 Å². The van der Waals surface area contributed by atoms with E-state index in [2.05, 4.69) is 12.1 Å². The second-order valence-corrected chi connectivity index (χ2v) is 9.75. The zero-order valence-electron chi connectivity index (χ0n) is 21.2. The Morgan fingerprint density at radius 3 is 2.26 bits per heavy atom. The number of rotatable bonds is 6. The van der Waals surface area contributed by atoms with Gasteiger partial charge in [0.15, 0.2) is 23.0 Å². The maximum absolute atomic E-state index is 14.0. The minimum atomic E-state index is -0.323. The molecular weight excluding hydrogens is 492 g/mol. The number of esters is 1. The molecule has 1 atom stereocenters. The van der Waals surface area contributed by atoms with Gasteiger partial charge in [-0.25, -0.2) is 4.79 Å². The fourth-order valence-corrected chi connectivity index (χ4v) is 5.59. The number of benzene rings is 4. The van der Waals surface area contributed by atoms with Crippen LogP contribution in [0.25, 0.3) is 5.57 Å². The summed E-state index contributed by atoms with van der Waals surface area (Å²) in [5, 5.41) is 0. The number of hydrogen-bond acceptors (Lipinski definition) is 6. The molecule has 0 N–H and O–H groups in total. The van der Waals surface area contributed by atoms with Gasteiger partial charge in [-0.1, -0.05) is 66.7 Å². The van der Waals surface area contributed by atoms with Gasteiger partial charge in [0.05, 0.1) is 12.2 Å². The molecule has 194 valence electrons. The normalized spacial score (nSPS) is 16.7. The van der Waals surface area contributed by atoms with Crippen LogP contribution in [0.15, 0.2) is 96.6 Å². The van der Waals surface area contributed by atoms with Crippen molar-refractivity contribution in [2.75, 3.05) is 20.2 Å². The lowest BCUT2D eigenvalue weighted by Crippen LogP contribution is -2.23. The largest absolute Gasteiger partial charge is 0.462 e. The van der Waals surface area contributed by atoms with Crippen molar-refractivity contribution in [1.82, 2.24) is 0 Å². The van der Waals surface area contributed by atoms with Gasteiger partial charge in [-0.15, -0.1) is 0 Å². The molecule has 0 amide bonds. The molecule has 0 fully saturated rings. The van der Waals surface area contributed by atoms with Gasteiger partial charge in [0.25, 0.3) is 0 Å². The monoisotopic (exact) mass is 518 g/mol. The van der Waals surface area contributed by atoms with Crippen LogP contribution in [0, 0.1) is 0 Å². The maximum Gasteiger partial charge on any atom is 0.335 e. The Morgan fingerprint density at radius 2 is 1.44 bits per heavy atom. The van der Waals surface area contributed by atoms with Crippen molar-refractivity contribution in [2.45, 2.75) is 18.8 Å². The van der Waals surface area contributed by atoms with Crippen molar-refractivity contribution in [2.24, 2.45) is 0 Å². The summed E-state index contributed by atoms with van der Waals surface area (Å²) in [5.41, 5.74) is 6.63. The van der Waals surface area contributed by atoms with Gasteiger partial charge in [0.2, 0.25) is 13.6 Å². The van der Waals surface area contributed by atoms with Crippen molar-refractivity contribution < 1.29 is 28.5 Å². The highest BCUT2D eigenvalue weighted by molar-refractivity contribution is 6.05. The zero-order chi connectivity index (χ0) is 26.2. The van der Waals surface area contributed by atoms with Crippen molar-refractivity contribution >= 4 is 11.5 Å². The van der Waals surface area contributed by atoms with Crippen LogP contribution in [0.1, 0.15) is 33.7 Å². The molecule has 3 aliphatic rings. The van der Waals surface area contributed by atoms with Gasteiger partial charge in [0.1, 0.15) is 0 Å². The zero-order valence-corrected chi connectivity index (χ0v) is 21.2. The maximum atomic E-state index is 14.0. The third-order valence-corrected chi connectivity index (χ3v) is 7.48. The van der Waals surface area contributed by atoms with E-state index in [0.29, 0.717) is 41.4 Å². The van der Waals surface area contributed by atoms with Gasteiger partial charge >= 0.3 is 5.97 Å². The van der Waals surface area contributed by atoms with E-state index in [1.165, 1.54) is 0 Å². The first-order valence-corrected chi connectivity index (χ1v) is 13.1. The van der Waals surface area contributed by atoms with Gasteiger partial charge in [-0.2, -0.15) is 0 Å². The standard InChI is InChI=1S/C33H26O6/c34-33(35-15-14-21-6-2-1-3-7-21)32-26(23-10-12-27-29(17-23)38-19-36-27)16-22-8-4-5-9-25(22)31(32)24-11-13-28-30(18-24)39-20-37-28/h1-13,17-18,26H,14-16,19-20H2. The summed E-state index contributed by atoms with van der Waals surface area (Å²) in [6.45, 7) is 0.665. The van der Waals surface area contributed by atoms with Crippen LogP contribution in [-0.2, 0) is 22.4 Å². The molecule has 0 saturated heterocycles. The first-order chi connectivity index (χ1) is 19.2. The highest BCUT2D eigenvalue weighted by atomic mass is 16.7. The van der Waals surface area contributed by atoms with Crippen LogP contribution < -0.4 is 18.9 Å². The summed E-state index contributed by atoms with van der Waals surface area (Å²) >= 11 is 0. The minimum absolute atomic E-state index is 0.183. The van der Waals surface area contributed by atoms with E-state index >= 15 is 0 Å². The Morgan fingerprint density at radius 1 is 0.744 bits per heavy atom. The Kier molecular flexibility index (Phi) is 5.93.